The summed E-state index contributed by atoms with van der Waals surface area (Å²) < 4.78 is 35.8. The monoisotopic (exact) mass is 864 g/mol. The predicted molar refractivity (Wildman–Crippen MR) is 228 cm³/mol. The number of aromatic nitrogens is 10. The Morgan fingerprint density at radius 2 is 1.13 bits per heavy atom. The number of sulfone groups is 1. The summed E-state index contributed by atoms with van der Waals surface area (Å²) in [6.45, 7) is 1.23. The Balaban J connectivity index is 0.000000167. The van der Waals surface area contributed by atoms with Crippen molar-refractivity contribution >= 4 is 51.1 Å². The van der Waals surface area contributed by atoms with Gasteiger partial charge in [-0.15, -0.1) is 10.2 Å². The molecular weight excluding hydrogens is 821 g/mol. The largest absolute Gasteiger partial charge is 0.461 e. The maximum Gasteiger partial charge on any atom is 0.259 e. The molecule has 0 fully saturated rings. The summed E-state index contributed by atoms with van der Waals surface area (Å²) >= 11 is 0. The van der Waals surface area contributed by atoms with Gasteiger partial charge < -0.3 is 41.2 Å². The fourth-order valence-electron chi connectivity index (χ4n) is 5.49. The van der Waals surface area contributed by atoms with E-state index in [0.29, 0.717) is 47.7 Å². The SMILES string of the molecule is CN(C)C(=O)c1ccc(CCN)cc1.CN(C)C(=O)c1ccc(CCNc2nc(N)n3nc(-c4ccco4)nc3n2)cc1.CS(=O)(=O)c1nc(N)n2nc(-c3ccco3)nc2n1. The Labute approximate surface area is 354 Å². The number of hydrogen-bond acceptors (Lipinski definition) is 18. The Hall–Kier alpha value is -7.79. The molecule has 0 aliphatic carbocycles. The second-order valence-electron chi connectivity index (χ2n) is 13.8. The van der Waals surface area contributed by atoms with E-state index >= 15 is 0 Å². The minimum Gasteiger partial charge on any atom is -0.461 e. The molecule has 6 aromatic heterocycles. The maximum absolute atomic E-state index is 11.9. The van der Waals surface area contributed by atoms with Crippen LogP contribution in [-0.2, 0) is 22.7 Å². The summed E-state index contributed by atoms with van der Waals surface area (Å²) in [5, 5.41) is 11.1. The second kappa shape index (κ2) is 19.1. The molecule has 0 radical (unpaired) electrons. The zero-order valence-corrected chi connectivity index (χ0v) is 35.2. The van der Waals surface area contributed by atoms with Gasteiger partial charge in [0, 0.05) is 52.1 Å². The van der Waals surface area contributed by atoms with E-state index in [4.69, 9.17) is 26.0 Å². The molecule has 6 heterocycles. The lowest BCUT2D eigenvalue weighted by Gasteiger charge is -2.10. The summed E-state index contributed by atoms with van der Waals surface area (Å²) in [6.07, 6.45) is 5.59. The first-order valence-electron chi connectivity index (χ1n) is 18.7. The molecule has 0 aliphatic heterocycles. The summed E-state index contributed by atoms with van der Waals surface area (Å²) in [5.41, 5.74) is 20.7. The number of fused-ring (bicyclic) bond motifs is 2. The summed E-state index contributed by atoms with van der Waals surface area (Å²) in [4.78, 5) is 51.0. The van der Waals surface area contributed by atoms with Crippen molar-refractivity contribution in [3.8, 4) is 23.2 Å². The van der Waals surface area contributed by atoms with Gasteiger partial charge in [-0.05, 0) is 79.0 Å². The highest BCUT2D eigenvalue weighted by molar-refractivity contribution is 7.90. The number of nitrogens with two attached hydrogens (primary N) is 3. The van der Waals surface area contributed by atoms with Crippen LogP contribution in [-0.4, -0.2) is 127 Å². The predicted octanol–water partition coefficient (Wildman–Crippen LogP) is 2.37. The third-order valence-electron chi connectivity index (χ3n) is 8.61. The molecule has 0 aliphatic rings. The minimum absolute atomic E-state index is 0.0194. The zero-order chi connectivity index (χ0) is 44.6. The van der Waals surface area contributed by atoms with Crippen molar-refractivity contribution in [1.29, 1.82) is 0 Å². The van der Waals surface area contributed by atoms with E-state index in [1.165, 1.54) is 16.3 Å². The number of benzene rings is 2. The number of nitrogens with zero attached hydrogens (tertiary/aromatic N) is 12. The third-order valence-corrected chi connectivity index (χ3v) is 9.45. The van der Waals surface area contributed by atoms with Gasteiger partial charge in [0.25, 0.3) is 28.5 Å². The third kappa shape index (κ3) is 10.7. The van der Waals surface area contributed by atoms with Gasteiger partial charge in [-0.3, -0.25) is 9.59 Å². The van der Waals surface area contributed by atoms with Crippen LogP contribution in [0.25, 0.3) is 34.7 Å². The first kappa shape index (κ1) is 43.8. The average molecular weight is 865 g/mol. The van der Waals surface area contributed by atoms with Gasteiger partial charge in [0.1, 0.15) is 0 Å². The lowest BCUT2D eigenvalue weighted by Crippen LogP contribution is -2.21. The normalized spacial score (nSPS) is 11.1. The number of rotatable bonds is 11. The first-order chi connectivity index (χ1) is 29.6. The second-order valence-corrected chi connectivity index (χ2v) is 15.7. The van der Waals surface area contributed by atoms with E-state index in [-0.39, 0.29) is 35.3 Å². The van der Waals surface area contributed by atoms with Crippen molar-refractivity contribution in [3.05, 3.63) is 108 Å². The Morgan fingerprint density at radius 3 is 1.56 bits per heavy atom. The van der Waals surface area contributed by atoms with E-state index < -0.39 is 15.0 Å². The fraction of sp³-hybridized carbons (Fsp3) is 0.231. The molecule has 0 saturated heterocycles. The van der Waals surface area contributed by atoms with Crippen LogP contribution in [0.5, 0.6) is 0 Å². The van der Waals surface area contributed by atoms with E-state index in [1.54, 1.807) is 68.5 Å². The van der Waals surface area contributed by atoms with Crippen LogP contribution < -0.4 is 22.5 Å². The van der Waals surface area contributed by atoms with E-state index in [2.05, 4.69) is 45.4 Å². The number of anilines is 3. The fourth-order valence-corrected chi connectivity index (χ4v) is 5.99. The molecule has 2 amide bonds. The molecule has 0 unspecified atom stereocenters. The first-order valence-corrected chi connectivity index (χ1v) is 20.6. The molecule has 62 heavy (non-hydrogen) atoms. The van der Waals surface area contributed by atoms with Crippen LogP contribution in [0.1, 0.15) is 31.8 Å². The van der Waals surface area contributed by atoms with Crippen LogP contribution in [0.4, 0.5) is 17.8 Å². The number of nitrogen functional groups attached to an aromatic ring is 2. The molecule has 0 atom stereocenters. The van der Waals surface area contributed by atoms with Crippen molar-refractivity contribution in [2.45, 2.75) is 18.0 Å². The highest BCUT2D eigenvalue weighted by atomic mass is 32.2. The van der Waals surface area contributed by atoms with Gasteiger partial charge in [0.2, 0.25) is 39.3 Å². The van der Waals surface area contributed by atoms with E-state index in [1.807, 2.05) is 48.5 Å². The lowest BCUT2D eigenvalue weighted by molar-refractivity contribution is 0.0820. The molecule has 0 spiro atoms. The molecule has 322 valence electrons. The van der Waals surface area contributed by atoms with Crippen LogP contribution in [0.2, 0.25) is 0 Å². The maximum atomic E-state index is 11.9. The molecule has 0 bridgehead atoms. The molecule has 8 aromatic rings. The lowest BCUT2D eigenvalue weighted by atomic mass is 10.1. The Bertz CT molecular complexity index is 2880. The van der Waals surface area contributed by atoms with Crippen molar-refractivity contribution in [2.24, 2.45) is 5.73 Å². The summed E-state index contributed by atoms with van der Waals surface area (Å²) in [6, 6.07) is 22.0. The quantitative estimate of drug-likeness (QED) is 0.145. The average Bonchev–Trinajstić information content (AvgIpc) is 4.09. The van der Waals surface area contributed by atoms with Crippen molar-refractivity contribution < 1.29 is 26.8 Å². The van der Waals surface area contributed by atoms with Gasteiger partial charge in [-0.1, -0.05) is 24.3 Å². The summed E-state index contributed by atoms with van der Waals surface area (Å²) in [5.74, 6) is 2.40. The number of furan rings is 2. The molecule has 7 N–H and O–H groups in total. The smallest absolute Gasteiger partial charge is 0.259 e. The molecule has 0 saturated carbocycles. The molecule has 23 heteroatoms. The van der Waals surface area contributed by atoms with Gasteiger partial charge in [0.15, 0.2) is 11.5 Å². The number of amides is 2. The Morgan fingerprint density at radius 1 is 0.661 bits per heavy atom. The number of carbonyl (C=O) groups is 2. The Kier molecular flexibility index (Phi) is 13.5. The van der Waals surface area contributed by atoms with E-state index in [0.717, 1.165) is 34.7 Å². The van der Waals surface area contributed by atoms with Gasteiger partial charge in [-0.2, -0.15) is 38.9 Å². The van der Waals surface area contributed by atoms with Gasteiger partial charge >= 0.3 is 0 Å². The summed E-state index contributed by atoms with van der Waals surface area (Å²) in [7, 11) is 3.39. The molecule has 2 aromatic carbocycles. The van der Waals surface area contributed by atoms with Crippen molar-refractivity contribution in [2.75, 3.05) is 64.3 Å². The number of carbonyl (C=O) groups excluding carboxylic acids is 2. The highest BCUT2D eigenvalue weighted by Gasteiger charge is 2.19. The van der Waals surface area contributed by atoms with Crippen LogP contribution >= 0.6 is 0 Å². The minimum atomic E-state index is -3.57. The van der Waals surface area contributed by atoms with Gasteiger partial charge in [0.05, 0.1) is 12.5 Å². The number of hydrogen-bond donors (Lipinski definition) is 4. The molecular formula is C39H44N16O6S. The topological polar surface area (TPSA) is 303 Å². The molecule has 8 rings (SSSR count). The van der Waals surface area contributed by atoms with Crippen LogP contribution in [0.3, 0.4) is 0 Å². The van der Waals surface area contributed by atoms with Crippen molar-refractivity contribution in [3.63, 3.8) is 0 Å². The van der Waals surface area contributed by atoms with E-state index in [9.17, 15) is 18.0 Å². The molecule has 22 nitrogen and oxygen atoms in total. The van der Waals surface area contributed by atoms with Crippen LogP contribution in [0, 0.1) is 0 Å². The standard InChI is InChI=1S/C19H20N8O2.C11H16N2O.C9H8N6O3S/c1-26(2)16(28)13-7-5-12(6-8-13)9-10-21-18-23-17(20)27-19(24-18)22-15(25-27)14-4-3-11-29-14;1-13(2)11(14)10-5-3-9(4-6-10)7-8-12;1-19(16,17)9-12-7(10)15-8(13-9)11-6(14-15)5-3-2-4-18-5/h3-8,11H,9-10H2,1-2H3,(H3,20,21,22,23,24,25);3-6H,7-8,12H2,1-2H3;2-4H,1H3,(H2,10,11,12,13,14). The zero-order valence-electron chi connectivity index (χ0n) is 34.4. The van der Waals surface area contributed by atoms with Crippen LogP contribution in [0.15, 0.2) is 99.3 Å². The van der Waals surface area contributed by atoms with Gasteiger partial charge in [-0.25, -0.2) is 8.42 Å². The number of nitrogens with one attached hydrogen (secondary N) is 1. The highest BCUT2D eigenvalue weighted by Crippen LogP contribution is 2.19. The van der Waals surface area contributed by atoms with Crippen molar-refractivity contribution in [1.82, 2.24) is 58.9 Å².